The molecular formula is C24H29NO7. The van der Waals surface area contributed by atoms with Crippen LogP contribution in [-0.4, -0.2) is 45.7 Å². The number of ketones is 1. The summed E-state index contributed by atoms with van der Waals surface area (Å²) in [6, 6.07) is 5.25. The molecule has 0 bridgehead atoms. The first-order valence-electron chi connectivity index (χ1n) is 10.5. The molecule has 0 unspecified atom stereocenters. The first-order chi connectivity index (χ1) is 15.3. The van der Waals surface area contributed by atoms with Crippen molar-refractivity contribution in [2.75, 3.05) is 27.9 Å². The van der Waals surface area contributed by atoms with Crippen LogP contribution in [0.15, 0.2) is 40.7 Å². The summed E-state index contributed by atoms with van der Waals surface area (Å²) in [7, 11) is 4.32. The van der Waals surface area contributed by atoms with Crippen molar-refractivity contribution in [2.45, 2.75) is 33.1 Å². The van der Waals surface area contributed by atoms with E-state index in [-0.39, 0.29) is 18.3 Å². The van der Waals surface area contributed by atoms with E-state index in [1.807, 2.05) is 6.92 Å². The molecule has 172 valence electrons. The molecule has 0 fully saturated rings. The van der Waals surface area contributed by atoms with Crippen LogP contribution in [0.5, 0.6) is 11.5 Å². The summed E-state index contributed by atoms with van der Waals surface area (Å²) in [5.74, 6) is -2.38. The molecule has 1 aliphatic carbocycles. The molecular weight excluding hydrogens is 414 g/mol. The lowest BCUT2D eigenvalue weighted by Crippen LogP contribution is -2.43. The van der Waals surface area contributed by atoms with E-state index in [1.54, 1.807) is 32.0 Å². The average molecular weight is 443 g/mol. The summed E-state index contributed by atoms with van der Waals surface area (Å²) in [6.07, 6.45) is 0.470. The van der Waals surface area contributed by atoms with E-state index in [1.165, 1.54) is 21.3 Å². The predicted octanol–water partition coefficient (Wildman–Crippen LogP) is 2.88. The predicted molar refractivity (Wildman–Crippen MR) is 116 cm³/mol. The topological polar surface area (TPSA) is 100 Å². The summed E-state index contributed by atoms with van der Waals surface area (Å²) in [6.45, 7) is 5.54. The monoisotopic (exact) mass is 443 g/mol. The third-order valence-corrected chi connectivity index (χ3v) is 5.98. The lowest BCUT2D eigenvalue weighted by Gasteiger charge is -2.38. The highest BCUT2D eigenvalue weighted by atomic mass is 16.5. The van der Waals surface area contributed by atoms with Gasteiger partial charge in [0, 0.05) is 22.9 Å². The van der Waals surface area contributed by atoms with Gasteiger partial charge >= 0.3 is 11.9 Å². The van der Waals surface area contributed by atoms with Crippen LogP contribution in [0.25, 0.3) is 0 Å². The second kappa shape index (κ2) is 9.46. The van der Waals surface area contributed by atoms with Crippen LogP contribution in [0.1, 0.15) is 38.7 Å². The van der Waals surface area contributed by atoms with Crippen molar-refractivity contribution in [3.05, 3.63) is 46.3 Å². The highest BCUT2D eigenvalue weighted by molar-refractivity contribution is 6.12. The van der Waals surface area contributed by atoms with Gasteiger partial charge in [0.25, 0.3) is 0 Å². The molecule has 0 saturated carbocycles. The molecule has 0 spiro atoms. The molecule has 0 radical (unpaired) electrons. The SMILES string of the molecule is CCOC(=O)C1=C(C)NC2=C(C(=O)[C@@H](C(=O)OC)[C@@H](C)C2)[C@@H]1c1ccc(OC)c(OC)c1. The zero-order valence-corrected chi connectivity index (χ0v) is 19.2. The van der Waals surface area contributed by atoms with Gasteiger partial charge in [-0.25, -0.2) is 4.79 Å². The summed E-state index contributed by atoms with van der Waals surface area (Å²) < 4.78 is 21.0. The number of methoxy groups -OCH3 is 3. The number of rotatable bonds is 6. The molecule has 1 N–H and O–H groups in total. The highest BCUT2D eigenvalue weighted by Gasteiger charge is 2.47. The zero-order chi connectivity index (χ0) is 23.6. The number of esters is 2. The van der Waals surface area contributed by atoms with E-state index in [4.69, 9.17) is 18.9 Å². The van der Waals surface area contributed by atoms with Crippen molar-refractivity contribution < 1.29 is 33.3 Å². The Balaban J connectivity index is 2.23. The highest BCUT2D eigenvalue weighted by Crippen LogP contribution is 2.46. The molecule has 1 aromatic carbocycles. The van der Waals surface area contributed by atoms with Gasteiger partial charge in [-0.05, 0) is 43.9 Å². The van der Waals surface area contributed by atoms with Gasteiger partial charge in [0.15, 0.2) is 17.3 Å². The van der Waals surface area contributed by atoms with Crippen molar-refractivity contribution in [3.8, 4) is 11.5 Å². The maximum Gasteiger partial charge on any atom is 0.336 e. The fraction of sp³-hybridized carbons (Fsp3) is 0.458. The van der Waals surface area contributed by atoms with E-state index in [0.717, 1.165) is 0 Å². The number of allylic oxidation sites excluding steroid dienone is 3. The fourth-order valence-electron chi connectivity index (χ4n) is 4.53. The lowest BCUT2D eigenvalue weighted by atomic mass is 9.69. The Labute approximate surface area is 187 Å². The minimum atomic E-state index is -0.940. The molecule has 0 amide bonds. The van der Waals surface area contributed by atoms with Crippen molar-refractivity contribution in [2.24, 2.45) is 11.8 Å². The summed E-state index contributed by atoms with van der Waals surface area (Å²) in [5, 5.41) is 3.23. The van der Waals surface area contributed by atoms with Crippen LogP contribution in [-0.2, 0) is 23.9 Å². The van der Waals surface area contributed by atoms with Crippen LogP contribution < -0.4 is 14.8 Å². The molecule has 8 nitrogen and oxygen atoms in total. The van der Waals surface area contributed by atoms with Crippen molar-refractivity contribution in [1.82, 2.24) is 5.32 Å². The van der Waals surface area contributed by atoms with Crippen LogP contribution in [0.4, 0.5) is 0 Å². The number of hydrogen-bond donors (Lipinski definition) is 1. The van der Waals surface area contributed by atoms with Crippen LogP contribution >= 0.6 is 0 Å². The van der Waals surface area contributed by atoms with Gasteiger partial charge < -0.3 is 24.3 Å². The van der Waals surface area contributed by atoms with Gasteiger partial charge in [-0.1, -0.05) is 13.0 Å². The normalized spacial score (nSPS) is 22.7. The number of benzene rings is 1. The van der Waals surface area contributed by atoms with E-state index in [0.29, 0.717) is 46.0 Å². The van der Waals surface area contributed by atoms with Gasteiger partial charge in [0.2, 0.25) is 0 Å². The number of Topliss-reactive ketones (excluding diaryl/α,β-unsaturated/α-hetero) is 1. The number of nitrogens with one attached hydrogen (secondary N) is 1. The Morgan fingerprint density at radius 1 is 1.12 bits per heavy atom. The maximum atomic E-state index is 13.6. The number of carbonyl (C=O) groups is 3. The zero-order valence-electron chi connectivity index (χ0n) is 19.2. The maximum absolute atomic E-state index is 13.6. The van der Waals surface area contributed by atoms with Crippen LogP contribution in [0.3, 0.4) is 0 Å². The van der Waals surface area contributed by atoms with E-state index in [9.17, 15) is 14.4 Å². The average Bonchev–Trinajstić information content (AvgIpc) is 2.77. The van der Waals surface area contributed by atoms with Crippen molar-refractivity contribution in [3.63, 3.8) is 0 Å². The van der Waals surface area contributed by atoms with Crippen molar-refractivity contribution >= 4 is 17.7 Å². The second-order valence-electron chi connectivity index (χ2n) is 7.87. The molecule has 8 heteroatoms. The molecule has 32 heavy (non-hydrogen) atoms. The Kier molecular flexibility index (Phi) is 6.91. The molecule has 2 aliphatic rings. The molecule has 1 aromatic rings. The number of dihydropyridines is 1. The molecule has 1 heterocycles. The first kappa shape index (κ1) is 23.4. The lowest BCUT2D eigenvalue weighted by molar-refractivity contribution is -0.151. The smallest absolute Gasteiger partial charge is 0.336 e. The largest absolute Gasteiger partial charge is 0.493 e. The molecule has 3 rings (SSSR count). The Morgan fingerprint density at radius 2 is 1.81 bits per heavy atom. The van der Waals surface area contributed by atoms with E-state index >= 15 is 0 Å². The third kappa shape index (κ3) is 3.97. The Hall–Kier alpha value is -3.29. The third-order valence-electron chi connectivity index (χ3n) is 5.98. The van der Waals surface area contributed by atoms with Gasteiger partial charge in [0.1, 0.15) is 5.92 Å². The van der Waals surface area contributed by atoms with E-state index in [2.05, 4.69) is 5.32 Å². The van der Waals surface area contributed by atoms with Gasteiger partial charge in [-0.15, -0.1) is 0 Å². The van der Waals surface area contributed by atoms with Crippen LogP contribution in [0.2, 0.25) is 0 Å². The number of hydrogen-bond acceptors (Lipinski definition) is 8. The molecule has 0 aromatic heterocycles. The Morgan fingerprint density at radius 3 is 2.41 bits per heavy atom. The summed E-state index contributed by atoms with van der Waals surface area (Å²) in [5.41, 5.74) is 2.67. The summed E-state index contributed by atoms with van der Waals surface area (Å²) in [4.78, 5) is 39.1. The standard InChI is InChI=1S/C24H29NO7/c1-7-32-24(28)19-13(3)25-15-10-12(2)18(23(27)31-6)22(26)21(15)20(19)14-8-9-16(29-4)17(11-14)30-5/h8-9,11-12,18,20,25H,7,10H2,1-6H3/t12-,18-,20+/m0/s1. The quantitative estimate of drug-likeness (QED) is 0.529. The molecule has 3 atom stereocenters. The fourth-order valence-corrected chi connectivity index (χ4v) is 4.53. The van der Waals surface area contributed by atoms with E-state index < -0.39 is 23.8 Å². The summed E-state index contributed by atoms with van der Waals surface area (Å²) >= 11 is 0. The minimum absolute atomic E-state index is 0.190. The van der Waals surface area contributed by atoms with Crippen molar-refractivity contribution in [1.29, 1.82) is 0 Å². The van der Waals surface area contributed by atoms with Gasteiger partial charge in [0.05, 0.1) is 33.5 Å². The number of carbonyl (C=O) groups excluding carboxylic acids is 3. The van der Waals surface area contributed by atoms with Gasteiger partial charge in [-0.2, -0.15) is 0 Å². The Bertz CT molecular complexity index is 1010. The number of ether oxygens (including phenoxy) is 4. The second-order valence-corrected chi connectivity index (χ2v) is 7.87. The van der Waals surface area contributed by atoms with Gasteiger partial charge in [-0.3, -0.25) is 9.59 Å². The molecule has 0 saturated heterocycles. The van der Waals surface area contributed by atoms with Crippen LogP contribution in [0, 0.1) is 11.8 Å². The molecule has 1 aliphatic heterocycles. The first-order valence-corrected chi connectivity index (χ1v) is 10.5. The minimum Gasteiger partial charge on any atom is -0.493 e.